The maximum atomic E-state index is 5.67. The largest absolute Gasteiger partial charge is 0.328 e. The highest BCUT2D eigenvalue weighted by atomic mass is 15.1. The molecule has 0 spiro atoms. The minimum atomic E-state index is 0.478. The molecule has 0 unspecified atom stereocenters. The lowest BCUT2D eigenvalue weighted by Gasteiger charge is -2.25. The predicted octanol–water partition coefficient (Wildman–Crippen LogP) is 2.18. The summed E-state index contributed by atoms with van der Waals surface area (Å²) in [4.78, 5) is 2.32. The molecule has 1 saturated heterocycles. The second kappa shape index (κ2) is 8.97. The molecule has 0 radical (unpaired) electrons. The first-order chi connectivity index (χ1) is 6.70. The van der Waals surface area contributed by atoms with Gasteiger partial charge in [-0.05, 0) is 46.8 Å². The fourth-order valence-electron chi connectivity index (χ4n) is 1.25. The van der Waals surface area contributed by atoms with E-state index in [9.17, 15) is 0 Å². The van der Waals surface area contributed by atoms with Crippen LogP contribution in [0.25, 0.3) is 0 Å². The molecule has 1 fully saturated rings. The Balaban J connectivity index is 0.000000255. The van der Waals surface area contributed by atoms with Crippen molar-refractivity contribution in [1.29, 1.82) is 0 Å². The van der Waals surface area contributed by atoms with E-state index in [4.69, 9.17) is 5.73 Å². The Bertz CT molecular complexity index is 145. The zero-order chi connectivity index (χ0) is 10.8. The van der Waals surface area contributed by atoms with Crippen LogP contribution in [0.15, 0.2) is 24.3 Å². The van der Waals surface area contributed by atoms with Crippen LogP contribution in [0.4, 0.5) is 0 Å². The van der Waals surface area contributed by atoms with Crippen LogP contribution < -0.4 is 5.73 Å². The van der Waals surface area contributed by atoms with Gasteiger partial charge in [0, 0.05) is 6.04 Å². The molecular weight excluding hydrogens is 172 g/mol. The zero-order valence-electron chi connectivity index (χ0n) is 9.74. The molecule has 1 rings (SSSR count). The molecule has 1 aliphatic rings. The van der Waals surface area contributed by atoms with Crippen molar-refractivity contribution in [2.75, 3.05) is 20.1 Å². The summed E-state index contributed by atoms with van der Waals surface area (Å²) in [6, 6.07) is 0.478. The van der Waals surface area contributed by atoms with Crippen LogP contribution in [0.5, 0.6) is 0 Å². The standard InChI is InChI=1S/C6H14N2.C6H10/c1-8-4-2-6(7)3-5-8;1-3-5-6-4-2/h6H,2-5,7H2,1H3;3-6H,1-2H3/b;5-3-,6-4-. The average Bonchev–Trinajstić information content (AvgIpc) is 2.20. The van der Waals surface area contributed by atoms with Gasteiger partial charge < -0.3 is 10.6 Å². The van der Waals surface area contributed by atoms with E-state index < -0.39 is 0 Å². The Morgan fingerprint density at radius 1 is 1.07 bits per heavy atom. The third-order valence-electron chi connectivity index (χ3n) is 2.26. The molecule has 82 valence electrons. The van der Waals surface area contributed by atoms with Crippen molar-refractivity contribution in [1.82, 2.24) is 4.90 Å². The Kier molecular flexibility index (Phi) is 8.59. The van der Waals surface area contributed by atoms with Crippen LogP contribution in [0, 0.1) is 0 Å². The first kappa shape index (κ1) is 13.4. The van der Waals surface area contributed by atoms with Gasteiger partial charge in [0.15, 0.2) is 0 Å². The van der Waals surface area contributed by atoms with Gasteiger partial charge in [-0.25, -0.2) is 0 Å². The summed E-state index contributed by atoms with van der Waals surface area (Å²) in [5.41, 5.74) is 5.67. The molecule has 0 bridgehead atoms. The maximum absolute atomic E-state index is 5.67. The Morgan fingerprint density at radius 3 is 1.79 bits per heavy atom. The number of hydrogen-bond donors (Lipinski definition) is 1. The van der Waals surface area contributed by atoms with Crippen molar-refractivity contribution in [2.24, 2.45) is 5.73 Å². The van der Waals surface area contributed by atoms with E-state index in [2.05, 4.69) is 11.9 Å². The fourth-order valence-corrected chi connectivity index (χ4v) is 1.25. The van der Waals surface area contributed by atoms with Crippen molar-refractivity contribution in [3.8, 4) is 0 Å². The number of rotatable bonds is 1. The normalized spacial score (nSPS) is 20.0. The smallest absolute Gasteiger partial charge is 0.00631 e. The van der Waals surface area contributed by atoms with Gasteiger partial charge in [-0.2, -0.15) is 0 Å². The molecule has 2 N–H and O–H groups in total. The second-order valence-corrected chi connectivity index (χ2v) is 3.69. The van der Waals surface area contributed by atoms with E-state index in [0.717, 1.165) is 0 Å². The summed E-state index contributed by atoms with van der Waals surface area (Å²) < 4.78 is 0. The topological polar surface area (TPSA) is 29.3 Å². The van der Waals surface area contributed by atoms with Crippen LogP contribution in [0.3, 0.4) is 0 Å². The minimum absolute atomic E-state index is 0.478. The Morgan fingerprint density at radius 2 is 1.50 bits per heavy atom. The number of nitrogens with zero attached hydrogens (tertiary/aromatic N) is 1. The molecule has 0 aromatic carbocycles. The van der Waals surface area contributed by atoms with Crippen molar-refractivity contribution >= 4 is 0 Å². The summed E-state index contributed by atoms with van der Waals surface area (Å²) >= 11 is 0. The Hall–Kier alpha value is -0.600. The van der Waals surface area contributed by atoms with Gasteiger partial charge in [-0.15, -0.1) is 0 Å². The monoisotopic (exact) mass is 196 g/mol. The van der Waals surface area contributed by atoms with Gasteiger partial charge in [0.2, 0.25) is 0 Å². The highest BCUT2D eigenvalue weighted by Gasteiger charge is 2.10. The first-order valence-electron chi connectivity index (χ1n) is 5.38. The lowest BCUT2D eigenvalue weighted by molar-refractivity contribution is 0.256. The van der Waals surface area contributed by atoms with E-state index >= 15 is 0 Å². The molecule has 0 aliphatic carbocycles. The number of hydrogen-bond acceptors (Lipinski definition) is 2. The fraction of sp³-hybridized carbons (Fsp3) is 0.667. The number of nitrogens with two attached hydrogens (primary N) is 1. The molecular formula is C12H24N2. The van der Waals surface area contributed by atoms with Crippen LogP contribution in [0.2, 0.25) is 0 Å². The van der Waals surface area contributed by atoms with Crippen LogP contribution in [-0.2, 0) is 0 Å². The Labute approximate surface area is 88.5 Å². The molecule has 0 saturated carbocycles. The summed E-state index contributed by atoms with van der Waals surface area (Å²) in [6.07, 6.45) is 10.4. The molecule has 14 heavy (non-hydrogen) atoms. The van der Waals surface area contributed by atoms with Crippen LogP contribution in [0.1, 0.15) is 26.7 Å². The lowest BCUT2D eigenvalue weighted by atomic mass is 10.1. The molecule has 0 amide bonds. The van der Waals surface area contributed by atoms with Crippen LogP contribution in [-0.4, -0.2) is 31.1 Å². The van der Waals surface area contributed by atoms with E-state index in [-0.39, 0.29) is 0 Å². The van der Waals surface area contributed by atoms with Gasteiger partial charge in [0.25, 0.3) is 0 Å². The van der Waals surface area contributed by atoms with E-state index in [0.29, 0.717) is 6.04 Å². The van der Waals surface area contributed by atoms with Crippen LogP contribution >= 0.6 is 0 Å². The van der Waals surface area contributed by atoms with E-state index in [1.165, 1.54) is 25.9 Å². The first-order valence-corrected chi connectivity index (χ1v) is 5.38. The van der Waals surface area contributed by atoms with E-state index in [1.807, 2.05) is 38.2 Å². The highest BCUT2D eigenvalue weighted by molar-refractivity contribution is 4.98. The average molecular weight is 196 g/mol. The van der Waals surface area contributed by atoms with E-state index in [1.54, 1.807) is 0 Å². The molecule has 0 aromatic rings. The van der Waals surface area contributed by atoms with Gasteiger partial charge >= 0.3 is 0 Å². The van der Waals surface area contributed by atoms with Crippen molar-refractivity contribution in [3.05, 3.63) is 24.3 Å². The van der Waals surface area contributed by atoms with Gasteiger partial charge in [0.1, 0.15) is 0 Å². The lowest BCUT2D eigenvalue weighted by Crippen LogP contribution is -2.37. The van der Waals surface area contributed by atoms with Crippen molar-refractivity contribution in [3.63, 3.8) is 0 Å². The molecule has 1 aliphatic heterocycles. The SMILES string of the molecule is C/C=C\C=C/C.CN1CCC(N)CC1. The maximum Gasteiger partial charge on any atom is 0.00631 e. The number of likely N-dealkylation sites (tertiary alicyclic amines) is 1. The summed E-state index contributed by atoms with van der Waals surface area (Å²) in [5.74, 6) is 0. The van der Waals surface area contributed by atoms with Gasteiger partial charge in [-0.1, -0.05) is 24.3 Å². The second-order valence-electron chi connectivity index (χ2n) is 3.69. The third-order valence-corrected chi connectivity index (χ3v) is 2.26. The number of allylic oxidation sites excluding steroid dienone is 4. The van der Waals surface area contributed by atoms with Gasteiger partial charge in [-0.3, -0.25) is 0 Å². The quantitative estimate of drug-likeness (QED) is 0.651. The zero-order valence-corrected chi connectivity index (χ0v) is 9.74. The summed E-state index contributed by atoms with van der Waals surface area (Å²) in [5, 5.41) is 0. The minimum Gasteiger partial charge on any atom is -0.328 e. The highest BCUT2D eigenvalue weighted by Crippen LogP contribution is 2.04. The van der Waals surface area contributed by atoms with Crippen molar-refractivity contribution < 1.29 is 0 Å². The molecule has 0 atom stereocenters. The van der Waals surface area contributed by atoms with Gasteiger partial charge in [0.05, 0.1) is 0 Å². The molecule has 0 aromatic heterocycles. The number of piperidine rings is 1. The molecule has 2 heteroatoms. The molecule has 2 nitrogen and oxygen atoms in total. The predicted molar refractivity (Wildman–Crippen MR) is 64.3 cm³/mol. The third kappa shape index (κ3) is 8.02. The summed E-state index contributed by atoms with van der Waals surface area (Å²) in [6.45, 7) is 6.36. The van der Waals surface area contributed by atoms with Crippen molar-refractivity contribution in [2.45, 2.75) is 32.7 Å². The summed E-state index contributed by atoms with van der Waals surface area (Å²) in [7, 11) is 2.14. The molecule has 1 heterocycles.